The molecule has 0 bridgehead atoms. The molecule has 0 aliphatic heterocycles. The monoisotopic (exact) mass is 1190 g/mol. The minimum absolute atomic E-state index is 0.0820. The van der Waals surface area contributed by atoms with Gasteiger partial charge in [0.2, 0.25) is 0 Å². The lowest BCUT2D eigenvalue weighted by atomic mass is 9.84. The molecule has 0 fully saturated rings. The number of benzene rings is 13. The van der Waals surface area contributed by atoms with Gasteiger partial charge in [0.1, 0.15) is 0 Å². The largest absolute Gasteiger partial charge is 0.309 e. The van der Waals surface area contributed by atoms with Crippen LogP contribution in [-0.2, 0) is 16.2 Å². The molecule has 450 valence electrons. The van der Waals surface area contributed by atoms with E-state index in [1.165, 1.54) is 16.7 Å². The zero-order chi connectivity index (χ0) is 63.6. The van der Waals surface area contributed by atoms with E-state index in [1.807, 2.05) is 0 Å². The molecule has 0 aliphatic carbocycles. The Bertz CT molecular complexity index is 4200. The molecule has 0 radical (unpaired) electrons. The van der Waals surface area contributed by atoms with Gasteiger partial charge in [-0.05, 0) is 142 Å². The fraction of sp³-hybridized carbons (Fsp3) is 0.133. The van der Waals surface area contributed by atoms with Crippen molar-refractivity contribution in [1.82, 2.24) is 0 Å². The van der Waals surface area contributed by atoms with Crippen LogP contribution in [0.5, 0.6) is 0 Å². The van der Waals surface area contributed by atoms with Gasteiger partial charge in [0.25, 0.3) is 0 Å². The molecular formula is C90H80N2. The first-order chi connectivity index (χ1) is 44.6. The van der Waals surface area contributed by atoms with Crippen LogP contribution in [0, 0.1) is 0 Å². The lowest BCUT2D eigenvalue weighted by Crippen LogP contribution is -2.19. The van der Waals surface area contributed by atoms with E-state index >= 15 is 0 Å². The molecule has 0 aliphatic rings. The summed E-state index contributed by atoms with van der Waals surface area (Å²) in [5, 5.41) is 0. The van der Waals surface area contributed by atoms with Crippen LogP contribution in [0.3, 0.4) is 0 Å². The minimum atomic E-state index is -0.321. The molecule has 0 saturated heterocycles. The van der Waals surface area contributed by atoms with Crippen molar-refractivity contribution in [1.29, 1.82) is 0 Å². The Kier molecular flexibility index (Phi) is 16.7. The summed E-state index contributed by atoms with van der Waals surface area (Å²) < 4.78 is 0. The molecule has 2 nitrogen and oxygen atoms in total. The predicted molar refractivity (Wildman–Crippen MR) is 395 cm³/mol. The molecule has 0 saturated carbocycles. The van der Waals surface area contributed by atoms with Gasteiger partial charge in [0.05, 0.1) is 11.4 Å². The van der Waals surface area contributed by atoms with Gasteiger partial charge in [0.15, 0.2) is 0 Å². The standard InChI is InChI=1S/C90H80N2/c1-88(2,3)67-52-56-70(57-53-67)91(86-82(78-44-26-22-40-74(78)63-32-14-10-15-33-63)48-30-49-83(86)79-45-27-23-41-75(79)64-34-16-11-17-35-64)72-60-69(90(7,8)9)61-73(62-72)92(71-58-54-68(55-59-71)89(4,5)6)87-84(80-46-28-24-42-76(80)65-36-18-12-19-37-65)50-31-51-85(87)81-47-29-25-43-77(81)66-38-20-13-21-39-66/h10-62H,1-9H3. The molecule has 13 aromatic carbocycles. The molecule has 0 heterocycles. The Balaban J connectivity index is 1.18. The average Bonchev–Trinajstić information content (AvgIpc) is 0.759. The lowest BCUT2D eigenvalue weighted by Gasteiger charge is -2.36. The summed E-state index contributed by atoms with van der Waals surface area (Å²) in [5.74, 6) is 0. The molecule has 2 heteroatoms. The van der Waals surface area contributed by atoms with Crippen molar-refractivity contribution in [2.75, 3.05) is 9.80 Å². The third-order valence-electron chi connectivity index (χ3n) is 18.0. The van der Waals surface area contributed by atoms with Crippen molar-refractivity contribution in [2.45, 2.75) is 78.6 Å². The normalized spacial score (nSPS) is 11.8. The molecule has 0 amide bonds. The Morgan fingerprint density at radius 2 is 0.391 bits per heavy atom. The first-order valence-electron chi connectivity index (χ1n) is 32.4. The smallest absolute Gasteiger partial charge is 0.0618 e. The highest BCUT2D eigenvalue weighted by Crippen LogP contribution is 2.55. The van der Waals surface area contributed by atoms with Gasteiger partial charge in [-0.15, -0.1) is 0 Å². The first-order valence-corrected chi connectivity index (χ1v) is 32.4. The van der Waals surface area contributed by atoms with Gasteiger partial charge in [-0.2, -0.15) is 0 Å². The fourth-order valence-electron chi connectivity index (χ4n) is 13.1. The number of rotatable bonds is 14. The molecule has 0 spiro atoms. The van der Waals surface area contributed by atoms with Crippen molar-refractivity contribution >= 4 is 34.1 Å². The van der Waals surface area contributed by atoms with E-state index in [-0.39, 0.29) is 16.2 Å². The van der Waals surface area contributed by atoms with Gasteiger partial charge in [-0.3, -0.25) is 0 Å². The van der Waals surface area contributed by atoms with E-state index < -0.39 is 0 Å². The van der Waals surface area contributed by atoms with Crippen LogP contribution in [0.4, 0.5) is 34.1 Å². The zero-order valence-corrected chi connectivity index (χ0v) is 54.5. The third-order valence-corrected chi connectivity index (χ3v) is 18.0. The minimum Gasteiger partial charge on any atom is -0.309 e. The van der Waals surface area contributed by atoms with Gasteiger partial charge < -0.3 is 9.80 Å². The highest BCUT2D eigenvalue weighted by molar-refractivity contribution is 6.06. The Labute approximate surface area is 546 Å². The van der Waals surface area contributed by atoms with Crippen molar-refractivity contribution in [3.8, 4) is 89.0 Å². The van der Waals surface area contributed by atoms with Crippen molar-refractivity contribution in [3.05, 3.63) is 338 Å². The number of para-hydroxylation sites is 2. The number of hydrogen-bond donors (Lipinski definition) is 0. The van der Waals surface area contributed by atoms with Crippen LogP contribution in [-0.4, -0.2) is 0 Å². The molecule has 13 rings (SSSR count). The average molecular weight is 1190 g/mol. The van der Waals surface area contributed by atoms with E-state index in [1.54, 1.807) is 0 Å². The second-order valence-corrected chi connectivity index (χ2v) is 27.3. The van der Waals surface area contributed by atoms with Crippen LogP contribution in [0.1, 0.15) is 79.0 Å². The summed E-state index contributed by atoms with van der Waals surface area (Å²) >= 11 is 0. The van der Waals surface area contributed by atoms with Gasteiger partial charge in [-0.25, -0.2) is 0 Å². The second-order valence-electron chi connectivity index (χ2n) is 27.3. The van der Waals surface area contributed by atoms with Crippen LogP contribution >= 0.6 is 0 Å². The number of nitrogens with zero attached hydrogens (tertiary/aromatic N) is 2. The second kappa shape index (κ2) is 25.4. The van der Waals surface area contributed by atoms with Crippen LogP contribution in [0.2, 0.25) is 0 Å². The Morgan fingerprint density at radius 3 is 0.630 bits per heavy atom. The molecule has 0 unspecified atom stereocenters. The fourth-order valence-corrected chi connectivity index (χ4v) is 13.1. The maximum absolute atomic E-state index is 2.59. The Morgan fingerprint density at radius 1 is 0.174 bits per heavy atom. The van der Waals surface area contributed by atoms with E-state index in [9.17, 15) is 0 Å². The maximum atomic E-state index is 2.59. The molecule has 0 atom stereocenters. The van der Waals surface area contributed by atoms with Gasteiger partial charge in [0, 0.05) is 45.0 Å². The van der Waals surface area contributed by atoms with E-state index in [4.69, 9.17) is 0 Å². The third kappa shape index (κ3) is 12.3. The molecule has 92 heavy (non-hydrogen) atoms. The summed E-state index contributed by atoms with van der Waals surface area (Å²) in [6.45, 7) is 20.9. The highest BCUT2D eigenvalue weighted by Gasteiger charge is 2.31. The molecule has 13 aromatic rings. The van der Waals surface area contributed by atoms with Gasteiger partial charge >= 0.3 is 0 Å². The van der Waals surface area contributed by atoms with Crippen molar-refractivity contribution in [3.63, 3.8) is 0 Å². The zero-order valence-electron chi connectivity index (χ0n) is 54.5. The highest BCUT2D eigenvalue weighted by atomic mass is 15.2. The summed E-state index contributed by atoms with van der Waals surface area (Å²) in [5.41, 5.74) is 27.9. The number of hydrogen-bond acceptors (Lipinski definition) is 2. The van der Waals surface area contributed by atoms with Crippen LogP contribution in [0.15, 0.2) is 322 Å². The van der Waals surface area contributed by atoms with Crippen molar-refractivity contribution in [2.24, 2.45) is 0 Å². The summed E-state index contributed by atoms with van der Waals surface area (Å²) in [6, 6.07) is 119. The molecule has 0 N–H and O–H groups in total. The van der Waals surface area contributed by atoms with Crippen LogP contribution < -0.4 is 9.80 Å². The summed E-state index contributed by atoms with van der Waals surface area (Å²) in [4.78, 5) is 5.17. The predicted octanol–water partition coefficient (Wildman–Crippen LogP) is 25.9. The van der Waals surface area contributed by atoms with E-state index in [0.717, 1.165) is 123 Å². The van der Waals surface area contributed by atoms with Crippen molar-refractivity contribution < 1.29 is 0 Å². The van der Waals surface area contributed by atoms with Crippen LogP contribution in [0.25, 0.3) is 89.0 Å². The molecular weight excluding hydrogens is 1110 g/mol. The maximum Gasteiger partial charge on any atom is 0.0618 e. The van der Waals surface area contributed by atoms with E-state index in [2.05, 4.69) is 394 Å². The Hall–Kier alpha value is -10.5. The van der Waals surface area contributed by atoms with E-state index in [0.29, 0.717) is 0 Å². The summed E-state index contributed by atoms with van der Waals surface area (Å²) in [6.07, 6.45) is 0. The SMILES string of the molecule is CC(C)(C)c1ccc(N(c2cc(N(c3ccc(C(C)(C)C)cc3)c3c(-c4ccccc4-c4ccccc4)cccc3-c3ccccc3-c3ccccc3)cc(C(C)(C)C)c2)c2c(-c3ccccc3-c3ccccc3)cccc2-c2ccccc2-c2ccccc2)cc1. The van der Waals surface area contributed by atoms with Gasteiger partial charge in [-0.1, -0.05) is 341 Å². The number of anilines is 6. The topological polar surface area (TPSA) is 6.48 Å². The summed E-state index contributed by atoms with van der Waals surface area (Å²) in [7, 11) is 0. The quantitative estimate of drug-likeness (QED) is 0.107. The first kappa shape index (κ1) is 60.4. The lowest BCUT2D eigenvalue weighted by molar-refractivity contribution is 0.589. The molecule has 0 aromatic heterocycles.